The van der Waals surface area contributed by atoms with E-state index >= 15 is 0 Å². The Balaban J connectivity index is 3.09. The van der Waals surface area contributed by atoms with Crippen molar-refractivity contribution in [3.63, 3.8) is 0 Å². The molecule has 0 aromatic heterocycles. The van der Waals surface area contributed by atoms with Gasteiger partial charge in [0.25, 0.3) is 0 Å². The summed E-state index contributed by atoms with van der Waals surface area (Å²) in [5, 5.41) is 8.93. The summed E-state index contributed by atoms with van der Waals surface area (Å²) in [7, 11) is 2.07. The zero-order valence-corrected chi connectivity index (χ0v) is 9.09. The van der Waals surface area contributed by atoms with Gasteiger partial charge in [-0.15, -0.1) is 0 Å². The first-order valence-corrected chi connectivity index (χ1v) is 4.51. The Morgan fingerprint density at radius 1 is 1.46 bits per heavy atom. The Kier molecular flexibility index (Phi) is 3.90. The zero-order valence-electron chi connectivity index (χ0n) is 6.75. The zero-order chi connectivity index (χ0) is 9.84. The fraction of sp³-hybridized carbons (Fsp3) is 0.143. The molecule has 0 heterocycles. The molecule has 0 aliphatic heterocycles. The van der Waals surface area contributed by atoms with Gasteiger partial charge in [-0.05, 0) is 22.0 Å². The Morgan fingerprint density at radius 2 is 2.15 bits per heavy atom. The highest BCUT2D eigenvalue weighted by molar-refractivity contribution is 9.10. The van der Waals surface area contributed by atoms with Gasteiger partial charge in [0.2, 0.25) is 0 Å². The van der Waals surface area contributed by atoms with Gasteiger partial charge in [0, 0.05) is 10.5 Å². The van der Waals surface area contributed by atoms with Crippen LogP contribution in [-0.4, -0.2) is 19.8 Å². The average Bonchev–Trinajstić information content (AvgIpc) is 2.11. The molecule has 0 saturated carbocycles. The van der Waals surface area contributed by atoms with E-state index in [1.54, 1.807) is 6.07 Å². The number of methoxy groups -OCH3 is 1. The van der Waals surface area contributed by atoms with Crippen LogP contribution in [0, 0.1) is 0 Å². The van der Waals surface area contributed by atoms with Crippen molar-refractivity contribution in [3.05, 3.63) is 21.6 Å². The number of rotatable bonds is 3. The van der Waals surface area contributed by atoms with Crippen LogP contribution in [0.2, 0.25) is 5.02 Å². The maximum Gasteiger partial charge on any atom is 0.569 e. The molecule has 13 heavy (non-hydrogen) atoms. The molecular formula is C7H6BBrClO3. The second kappa shape index (κ2) is 4.74. The minimum Gasteiger partial charge on any atom is -0.535 e. The lowest BCUT2D eigenvalue weighted by atomic mass is 10.3. The molecule has 1 aromatic carbocycles. The first kappa shape index (κ1) is 10.7. The molecule has 1 rings (SSSR count). The number of hydrogen-bond acceptors (Lipinski definition) is 3. The van der Waals surface area contributed by atoms with E-state index < -0.39 is 0 Å². The van der Waals surface area contributed by atoms with E-state index in [2.05, 4.69) is 15.9 Å². The standard InChI is InChI=1S/C7H6BBrClO3/c1-12-6-2-4(9)5(10)3-7(6)13-8-11/h2-3,11H,1H3. The molecule has 0 unspecified atom stereocenters. The summed E-state index contributed by atoms with van der Waals surface area (Å²) in [6, 6.07) is 3.19. The Bertz CT molecular complexity index is 308. The molecule has 1 radical (unpaired) electrons. The molecule has 0 aliphatic carbocycles. The highest BCUT2D eigenvalue weighted by atomic mass is 79.9. The lowest BCUT2D eigenvalue weighted by Crippen LogP contribution is -2.01. The van der Waals surface area contributed by atoms with Gasteiger partial charge >= 0.3 is 7.69 Å². The highest BCUT2D eigenvalue weighted by Crippen LogP contribution is 2.35. The topological polar surface area (TPSA) is 38.7 Å². The van der Waals surface area contributed by atoms with E-state index in [0.29, 0.717) is 28.7 Å². The van der Waals surface area contributed by atoms with Gasteiger partial charge < -0.3 is 14.4 Å². The third-order valence-corrected chi connectivity index (χ3v) is 2.58. The van der Waals surface area contributed by atoms with E-state index in [1.807, 2.05) is 0 Å². The van der Waals surface area contributed by atoms with Gasteiger partial charge in [-0.3, -0.25) is 0 Å². The Hall–Kier alpha value is -0.385. The summed E-state index contributed by atoms with van der Waals surface area (Å²) in [4.78, 5) is 0. The normalized spacial score (nSPS) is 9.54. The van der Waals surface area contributed by atoms with Crippen LogP contribution >= 0.6 is 27.5 Å². The van der Waals surface area contributed by atoms with Crippen molar-refractivity contribution in [2.24, 2.45) is 0 Å². The van der Waals surface area contributed by atoms with Crippen LogP contribution in [0.3, 0.4) is 0 Å². The molecule has 0 aliphatic rings. The molecule has 0 saturated heterocycles. The molecule has 0 amide bonds. The average molecular weight is 264 g/mol. The predicted octanol–water partition coefficient (Wildman–Crippen LogP) is 2.02. The van der Waals surface area contributed by atoms with Crippen LogP contribution in [0.25, 0.3) is 0 Å². The Labute approximate surface area is 90.0 Å². The minimum atomic E-state index is 0.359. The summed E-state index contributed by atoms with van der Waals surface area (Å²) in [5.74, 6) is 0.847. The van der Waals surface area contributed by atoms with Crippen molar-refractivity contribution in [1.29, 1.82) is 0 Å². The monoisotopic (exact) mass is 263 g/mol. The number of ether oxygens (including phenoxy) is 1. The predicted molar refractivity (Wildman–Crippen MR) is 54.3 cm³/mol. The molecule has 3 nitrogen and oxygen atoms in total. The van der Waals surface area contributed by atoms with Crippen molar-refractivity contribution in [3.8, 4) is 11.5 Å². The Morgan fingerprint density at radius 3 is 2.69 bits per heavy atom. The van der Waals surface area contributed by atoms with Crippen LogP contribution in [0.1, 0.15) is 0 Å². The maximum atomic E-state index is 8.44. The summed E-state index contributed by atoms with van der Waals surface area (Å²) >= 11 is 9.03. The van der Waals surface area contributed by atoms with E-state index in [4.69, 9.17) is 26.0 Å². The molecule has 0 atom stereocenters. The van der Waals surface area contributed by atoms with Gasteiger partial charge in [-0.25, -0.2) is 0 Å². The van der Waals surface area contributed by atoms with Crippen LogP contribution in [0.4, 0.5) is 0 Å². The number of hydrogen-bond donors (Lipinski definition) is 1. The second-order valence-electron chi connectivity index (χ2n) is 2.14. The maximum absolute atomic E-state index is 8.44. The second-order valence-corrected chi connectivity index (χ2v) is 3.40. The molecule has 1 aromatic rings. The SMILES string of the molecule is COc1cc(Br)c(Cl)cc1O[B]O. The van der Waals surface area contributed by atoms with Crippen molar-refractivity contribution in [2.45, 2.75) is 0 Å². The molecule has 6 heteroatoms. The minimum absolute atomic E-state index is 0.359. The number of halogens is 2. The van der Waals surface area contributed by atoms with Crippen LogP contribution in [0.5, 0.6) is 11.5 Å². The largest absolute Gasteiger partial charge is 0.569 e. The van der Waals surface area contributed by atoms with Crippen LogP contribution in [-0.2, 0) is 0 Å². The van der Waals surface area contributed by atoms with E-state index in [-0.39, 0.29) is 0 Å². The van der Waals surface area contributed by atoms with Crippen molar-refractivity contribution < 1.29 is 14.4 Å². The highest BCUT2D eigenvalue weighted by Gasteiger charge is 2.08. The smallest absolute Gasteiger partial charge is 0.535 e. The summed E-state index contributed by atoms with van der Waals surface area (Å²) in [6.07, 6.45) is 0. The van der Waals surface area contributed by atoms with E-state index in [0.717, 1.165) is 0 Å². The molecule has 0 bridgehead atoms. The molecular weight excluding hydrogens is 258 g/mol. The van der Waals surface area contributed by atoms with Crippen LogP contribution in [0.15, 0.2) is 16.6 Å². The van der Waals surface area contributed by atoms with Crippen molar-refractivity contribution in [1.82, 2.24) is 0 Å². The summed E-state index contributed by atoms with van der Waals surface area (Å²) in [6.45, 7) is 0. The summed E-state index contributed by atoms with van der Waals surface area (Å²) in [5.41, 5.74) is 0. The fourth-order valence-electron chi connectivity index (χ4n) is 0.819. The third kappa shape index (κ3) is 2.53. The number of benzene rings is 1. The van der Waals surface area contributed by atoms with Gasteiger partial charge in [0.05, 0.1) is 12.1 Å². The molecule has 0 fully saturated rings. The van der Waals surface area contributed by atoms with Gasteiger partial charge in [0.15, 0.2) is 5.75 Å². The van der Waals surface area contributed by atoms with E-state index in [1.165, 1.54) is 13.2 Å². The van der Waals surface area contributed by atoms with Crippen LogP contribution < -0.4 is 9.39 Å². The quantitative estimate of drug-likeness (QED) is 0.849. The van der Waals surface area contributed by atoms with Gasteiger partial charge in [-0.1, -0.05) is 11.6 Å². The fourth-order valence-corrected chi connectivity index (χ4v) is 1.29. The third-order valence-electron chi connectivity index (χ3n) is 1.39. The van der Waals surface area contributed by atoms with Crippen molar-refractivity contribution >= 4 is 35.2 Å². The molecule has 1 N–H and O–H groups in total. The lowest BCUT2D eigenvalue weighted by molar-refractivity contribution is 0.381. The van der Waals surface area contributed by atoms with Crippen molar-refractivity contribution in [2.75, 3.05) is 7.11 Å². The molecule has 0 spiro atoms. The first-order valence-electron chi connectivity index (χ1n) is 3.34. The summed E-state index contributed by atoms with van der Waals surface area (Å²) < 4.78 is 10.5. The first-order chi connectivity index (χ1) is 6.19. The van der Waals surface area contributed by atoms with Gasteiger partial charge in [0.1, 0.15) is 5.75 Å². The lowest BCUT2D eigenvalue weighted by Gasteiger charge is -2.09. The molecule has 69 valence electrons. The van der Waals surface area contributed by atoms with Gasteiger partial charge in [-0.2, -0.15) is 0 Å². The van der Waals surface area contributed by atoms with E-state index in [9.17, 15) is 0 Å².